The van der Waals surface area contributed by atoms with Gasteiger partial charge in [0.1, 0.15) is 30.0 Å². The molecule has 374 valence electrons. The van der Waals surface area contributed by atoms with Crippen molar-refractivity contribution in [3.05, 3.63) is 119 Å². The molecule has 70 heavy (non-hydrogen) atoms. The number of aliphatic hydroxyl groups is 2. The number of ether oxygens (including phenoxy) is 6. The molecule has 3 fully saturated rings. The van der Waals surface area contributed by atoms with E-state index in [0.717, 1.165) is 13.8 Å². The first-order chi connectivity index (χ1) is 33.1. The van der Waals surface area contributed by atoms with E-state index in [1.54, 1.807) is 92.7 Å². The normalized spacial score (nSPS) is 29.1. The third-order valence-corrected chi connectivity index (χ3v) is 14.1. The first-order valence-corrected chi connectivity index (χ1v) is 22.7. The van der Waals surface area contributed by atoms with Gasteiger partial charge in [-0.15, -0.1) is 0 Å². The number of ketones is 1. The van der Waals surface area contributed by atoms with Gasteiger partial charge in [-0.2, -0.15) is 0 Å². The van der Waals surface area contributed by atoms with Crippen LogP contribution in [0.5, 0.6) is 0 Å². The van der Waals surface area contributed by atoms with Gasteiger partial charge in [-0.1, -0.05) is 80.6 Å². The molecule has 2 saturated carbocycles. The Balaban J connectivity index is 0.00000261. The van der Waals surface area contributed by atoms with Gasteiger partial charge in [0.15, 0.2) is 17.5 Å². The summed E-state index contributed by atoms with van der Waals surface area (Å²) in [5.41, 5.74) is -3.53. The minimum Gasteiger partial charge on any atom is -0.554 e. The predicted molar refractivity (Wildman–Crippen MR) is 240 cm³/mol. The number of nitrogens with one attached hydrogen (secondary N) is 1. The van der Waals surface area contributed by atoms with Crippen LogP contribution in [-0.2, 0) is 57.2 Å². The number of aliphatic hydroxyl groups excluding tert-OH is 1. The van der Waals surface area contributed by atoms with Gasteiger partial charge in [-0.3, -0.25) is 24.0 Å². The number of carbonyl (C=O) groups excluding carboxylic acids is 8. The van der Waals surface area contributed by atoms with E-state index < -0.39 is 125 Å². The molecular weight excluding hydrogens is 913 g/mol. The average Bonchev–Trinajstić information content (AvgIpc) is 3.32. The molecule has 19 nitrogen and oxygen atoms in total. The van der Waals surface area contributed by atoms with E-state index in [4.69, 9.17) is 38.3 Å². The Morgan fingerprint density at radius 3 is 1.99 bits per heavy atom. The molecule has 7 rings (SSSR count). The average molecular weight is 971 g/mol. The van der Waals surface area contributed by atoms with Crippen LogP contribution in [0.15, 0.2) is 102 Å². The lowest BCUT2D eigenvalue weighted by molar-refractivity contribution is -0.367. The van der Waals surface area contributed by atoms with E-state index in [0.29, 0.717) is 5.56 Å². The largest absolute Gasteiger partial charge is 0.554 e. The highest BCUT2D eigenvalue weighted by atomic mass is 16.6. The number of rotatable bonds is 13. The molecule has 1 saturated heterocycles. The smallest absolute Gasteiger partial charge is 0.350 e. The molecule has 1 heterocycles. The fourth-order valence-electron chi connectivity index (χ4n) is 10.6. The van der Waals surface area contributed by atoms with Crippen LogP contribution in [0.4, 0.5) is 0 Å². The topological polar surface area (TPSA) is 295 Å². The first kappa shape index (κ1) is 52.6. The summed E-state index contributed by atoms with van der Waals surface area (Å²) in [5, 5.41) is 37.1. The quantitative estimate of drug-likeness (QED) is 0.0812. The van der Waals surface area contributed by atoms with E-state index in [1.807, 2.05) is 0 Å². The lowest BCUT2D eigenvalue weighted by Gasteiger charge is -2.67. The fourth-order valence-corrected chi connectivity index (χ4v) is 10.6. The van der Waals surface area contributed by atoms with Gasteiger partial charge in [-0.05, 0) is 54.8 Å². The van der Waals surface area contributed by atoms with Crippen LogP contribution in [0, 0.1) is 16.7 Å². The summed E-state index contributed by atoms with van der Waals surface area (Å²) < 4.78 is 36.5. The monoisotopic (exact) mass is 970 g/mol. The number of fused-ring (bicyclic) bond motifs is 5. The number of esters is 5. The summed E-state index contributed by atoms with van der Waals surface area (Å²) in [7, 11) is 0. The Labute approximate surface area is 403 Å². The van der Waals surface area contributed by atoms with E-state index in [2.05, 4.69) is 11.1 Å². The molecule has 3 aliphatic carbocycles. The van der Waals surface area contributed by atoms with Gasteiger partial charge in [0, 0.05) is 44.1 Å². The minimum atomic E-state index is -2.44. The lowest BCUT2D eigenvalue weighted by atomic mass is 9.44. The van der Waals surface area contributed by atoms with Crippen LogP contribution >= 0.6 is 0 Å². The fraction of sp³-hybridized carbons (Fsp3) is 0.451. The van der Waals surface area contributed by atoms with Crippen molar-refractivity contribution >= 4 is 48.0 Å². The summed E-state index contributed by atoms with van der Waals surface area (Å²) in [6, 6.07) is 22.9. The molecule has 0 radical (unpaired) electrons. The molecule has 3 aromatic rings. The van der Waals surface area contributed by atoms with Crippen LogP contribution < -0.4 is 16.2 Å². The second-order valence-electron chi connectivity index (χ2n) is 18.5. The zero-order valence-electron chi connectivity index (χ0n) is 39.6. The van der Waals surface area contributed by atoms with Crippen LogP contribution in [0.3, 0.4) is 0 Å². The maximum Gasteiger partial charge on any atom is 0.350 e. The highest BCUT2D eigenvalue weighted by molar-refractivity contribution is 5.96. The zero-order valence-corrected chi connectivity index (χ0v) is 39.6. The number of quaternary nitrogens is 1. The molecule has 0 aromatic heterocycles. The Morgan fingerprint density at radius 2 is 1.46 bits per heavy atom. The Hall–Kier alpha value is -6.80. The Bertz CT molecular complexity index is 2500. The minimum absolute atomic E-state index is 0.0250. The maximum absolute atomic E-state index is 15.6. The summed E-state index contributed by atoms with van der Waals surface area (Å²) >= 11 is 0. The van der Waals surface area contributed by atoms with Gasteiger partial charge in [0.2, 0.25) is 6.10 Å². The van der Waals surface area contributed by atoms with Gasteiger partial charge >= 0.3 is 29.8 Å². The van der Waals surface area contributed by atoms with Gasteiger partial charge in [0.05, 0.1) is 42.6 Å². The summed E-state index contributed by atoms with van der Waals surface area (Å²) in [5.74, 6) is -7.75. The van der Waals surface area contributed by atoms with E-state index in [1.165, 1.54) is 26.0 Å². The molecule has 5 unspecified atom stereocenters. The highest BCUT2D eigenvalue weighted by Gasteiger charge is 2.78. The maximum atomic E-state index is 15.6. The second-order valence-corrected chi connectivity index (χ2v) is 18.5. The third kappa shape index (κ3) is 9.70. The predicted octanol–water partition coefficient (Wildman–Crippen LogP) is 1.28. The van der Waals surface area contributed by atoms with Crippen molar-refractivity contribution in [2.45, 2.75) is 115 Å². The molecule has 3 aromatic carbocycles. The number of carbonyl (C=O) groups is 8. The summed E-state index contributed by atoms with van der Waals surface area (Å²) in [4.78, 5) is 107. The molecule has 19 heteroatoms. The molecule has 2 bridgehead atoms. The number of carboxylic acid groups (broad SMARTS) is 1. The van der Waals surface area contributed by atoms with Gasteiger partial charge < -0.3 is 59.6 Å². The Kier molecular flexibility index (Phi) is 15.8. The van der Waals surface area contributed by atoms with Crippen LogP contribution in [0.2, 0.25) is 0 Å². The van der Waals surface area contributed by atoms with Crippen molar-refractivity contribution in [1.82, 2.24) is 5.32 Å². The molecule has 0 spiro atoms. The standard InChI is InChI=1S/C50H56N2O15.CH2O2/c1-27-33(64-46(60)40(65-36(56)22-23-51)38(30-16-10-7-11-17-30)52-44(58)31-18-12-8-13-19-31)25-50(61)43(66-45(59)32-20-14-9-15-21-32)41-48(6,34(55)24-35-49(41,26-62-35)67-29(3)54)42(57)39(63-28(2)53)37(27)47(50,4)5;2-1-3/h7-21,33-35,38-41,43,55,61H,22-26,51H2,1-6H3,(H,52,58);1H,(H,2,3)/t33-,34-,35?,38?,39?,40+,41?,43-,48+,49?,50+;/m0./s1. The van der Waals surface area contributed by atoms with Gasteiger partial charge in [-0.25, -0.2) is 9.59 Å². The third-order valence-electron chi connectivity index (χ3n) is 14.1. The van der Waals surface area contributed by atoms with Crippen LogP contribution in [-0.4, -0.2) is 119 Å². The van der Waals surface area contributed by atoms with Crippen molar-refractivity contribution in [1.29, 1.82) is 0 Å². The molecule has 4 aliphatic rings. The van der Waals surface area contributed by atoms with E-state index in [-0.39, 0.29) is 48.3 Å². The number of hydrogen-bond acceptors (Lipinski definition) is 17. The summed E-state index contributed by atoms with van der Waals surface area (Å²) in [6.07, 6.45) is -10.8. The van der Waals surface area contributed by atoms with Crippen molar-refractivity contribution in [2.24, 2.45) is 16.7 Å². The van der Waals surface area contributed by atoms with Crippen molar-refractivity contribution < 1.29 is 87.8 Å². The molecule has 6 N–H and O–H groups in total. The van der Waals surface area contributed by atoms with Crippen LogP contribution in [0.25, 0.3) is 0 Å². The first-order valence-electron chi connectivity index (χ1n) is 22.7. The van der Waals surface area contributed by atoms with E-state index in [9.17, 15) is 34.2 Å². The zero-order chi connectivity index (χ0) is 51.3. The SMILES string of the molecule is CC(=O)OC1C(=O)[C@@]2(C)C([C@H](OC(=O)c3ccccc3)[C@]3(O)C[C@H](OC(=O)[C@H](OC(=O)CC[NH3+])C(NC(=O)c4ccccc4)c4ccccc4)C(C)=C1C3(C)C)C1(OC(C)=O)COC1C[C@@H]2O.O=C[O-]. The molecule has 1 aliphatic heterocycles. The Morgan fingerprint density at radius 1 is 0.886 bits per heavy atom. The van der Waals surface area contributed by atoms with E-state index >= 15 is 9.59 Å². The molecule has 1 amide bonds. The van der Waals surface area contributed by atoms with Gasteiger partial charge in [0.25, 0.3) is 5.91 Å². The second kappa shape index (κ2) is 21.1. The highest BCUT2D eigenvalue weighted by Crippen LogP contribution is 2.64. The number of amides is 1. The number of benzene rings is 3. The number of hydrogen-bond donors (Lipinski definition) is 4. The van der Waals surface area contributed by atoms with Crippen molar-refractivity contribution in [2.75, 3.05) is 13.2 Å². The van der Waals surface area contributed by atoms with Crippen LogP contribution in [0.1, 0.15) is 93.1 Å². The van der Waals surface area contributed by atoms with Crippen molar-refractivity contribution in [3.63, 3.8) is 0 Å². The molecule has 11 atom stereocenters. The van der Waals surface area contributed by atoms with Crippen molar-refractivity contribution in [3.8, 4) is 0 Å². The number of Topliss-reactive ketones (excluding diaryl/α,β-unsaturated/α-hetero) is 1. The lowest BCUT2D eigenvalue weighted by Crippen LogP contribution is -2.82. The molecular formula is C51H58N2O17. The summed E-state index contributed by atoms with van der Waals surface area (Å²) in [6.45, 7) is 7.53.